The molecule has 0 radical (unpaired) electrons. The smallest absolute Gasteiger partial charge is 0.266 e. The molecule has 94 valence electrons. The van der Waals surface area contributed by atoms with Crippen LogP contribution in [0.2, 0.25) is 9.36 Å². The van der Waals surface area contributed by atoms with Crippen molar-refractivity contribution >= 4 is 46.7 Å². The molecule has 2 heterocycles. The molecule has 1 amide bonds. The fourth-order valence-electron chi connectivity index (χ4n) is 1.27. The first-order valence-electron chi connectivity index (χ1n) is 4.84. The molecule has 2 aromatic heterocycles. The fourth-order valence-corrected chi connectivity index (χ4v) is 2.46. The van der Waals surface area contributed by atoms with Crippen LogP contribution in [0, 0.1) is 0 Å². The standard InChI is InChI=1S/C10H8Cl2N4OS/c1-16-9(7(11)5-14-16)10(17)15-13-4-6-2-3-8(12)18-6/h2-5H,1H3,(H,15,17)/b13-4+. The summed E-state index contributed by atoms with van der Waals surface area (Å²) in [6, 6.07) is 3.56. The fraction of sp³-hybridized carbons (Fsp3) is 0.100. The molecule has 2 aromatic rings. The van der Waals surface area contributed by atoms with Gasteiger partial charge in [-0.15, -0.1) is 11.3 Å². The third-order valence-electron chi connectivity index (χ3n) is 2.06. The highest BCUT2D eigenvalue weighted by Gasteiger charge is 2.14. The number of aryl methyl sites for hydroxylation is 1. The summed E-state index contributed by atoms with van der Waals surface area (Å²) >= 11 is 13.0. The normalized spacial score (nSPS) is 11.1. The zero-order valence-corrected chi connectivity index (χ0v) is 11.6. The third kappa shape index (κ3) is 2.90. The second kappa shape index (κ2) is 5.51. The number of rotatable bonds is 3. The van der Waals surface area contributed by atoms with Crippen LogP contribution in [0.25, 0.3) is 0 Å². The molecule has 0 aliphatic heterocycles. The molecular weight excluding hydrogens is 295 g/mol. The molecule has 5 nitrogen and oxygen atoms in total. The van der Waals surface area contributed by atoms with Crippen LogP contribution < -0.4 is 5.43 Å². The SMILES string of the molecule is Cn1ncc(Cl)c1C(=O)N/N=C/c1ccc(Cl)s1. The Morgan fingerprint density at radius 2 is 2.33 bits per heavy atom. The van der Waals surface area contributed by atoms with Gasteiger partial charge in [0.05, 0.1) is 21.8 Å². The number of amides is 1. The maximum absolute atomic E-state index is 11.8. The first-order chi connectivity index (χ1) is 8.58. The molecule has 18 heavy (non-hydrogen) atoms. The zero-order chi connectivity index (χ0) is 13.1. The van der Waals surface area contributed by atoms with Crippen molar-refractivity contribution in [2.45, 2.75) is 0 Å². The average Bonchev–Trinajstić information content (AvgIpc) is 2.86. The molecule has 0 aromatic carbocycles. The molecule has 1 N–H and O–H groups in total. The Morgan fingerprint density at radius 1 is 1.56 bits per heavy atom. The highest BCUT2D eigenvalue weighted by molar-refractivity contribution is 7.17. The largest absolute Gasteiger partial charge is 0.291 e. The number of hydrogen-bond donors (Lipinski definition) is 1. The second-order valence-corrected chi connectivity index (χ2v) is 5.46. The van der Waals surface area contributed by atoms with Gasteiger partial charge in [-0.25, -0.2) is 5.43 Å². The number of thiophene rings is 1. The first-order valence-corrected chi connectivity index (χ1v) is 6.41. The molecule has 2 rings (SSSR count). The first kappa shape index (κ1) is 13.1. The van der Waals surface area contributed by atoms with Crippen molar-refractivity contribution < 1.29 is 4.79 Å². The molecule has 0 unspecified atom stereocenters. The minimum atomic E-state index is -0.418. The van der Waals surface area contributed by atoms with E-state index in [1.54, 1.807) is 19.2 Å². The van der Waals surface area contributed by atoms with E-state index in [9.17, 15) is 4.79 Å². The Hall–Kier alpha value is -1.37. The molecule has 0 aliphatic carbocycles. The minimum Gasteiger partial charge on any atom is -0.266 e. The number of halogens is 2. The van der Waals surface area contributed by atoms with Gasteiger partial charge in [0.1, 0.15) is 5.69 Å². The van der Waals surface area contributed by atoms with E-state index in [1.807, 2.05) is 0 Å². The summed E-state index contributed by atoms with van der Waals surface area (Å²) in [5.41, 5.74) is 2.64. The van der Waals surface area contributed by atoms with Crippen molar-refractivity contribution in [2.75, 3.05) is 0 Å². The zero-order valence-electron chi connectivity index (χ0n) is 9.22. The maximum Gasteiger partial charge on any atom is 0.291 e. The predicted octanol–water partition coefficient (Wildman–Crippen LogP) is 2.55. The lowest BCUT2D eigenvalue weighted by Gasteiger charge is -2.00. The number of nitrogens with one attached hydrogen (secondary N) is 1. The Bertz CT molecular complexity index is 585. The van der Waals surface area contributed by atoms with Crippen LogP contribution in [-0.2, 0) is 7.05 Å². The molecule has 0 saturated carbocycles. The summed E-state index contributed by atoms with van der Waals surface area (Å²) in [6.45, 7) is 0. The van der Waals surface area contributed by atoms with E-state index in [1.165, 1.54) is 28.4 Å². The second-order valence-electron chi connectivity index (χ2n) is 3.31. The average molecular weight is 303 g/mol. The molecule has 0 bridgehead atoms. The molecule has 8 heteroatoms. The van der Waals surface area contributed by atoms with E-state index in [0.717, 1.165) is 4.88 Å². The van der Waals surface area contributed by atoms with Gasteiger partial charge in [-0.05, 0) is 12.1 Å². The van der Waals surface area contributed by atoms with Crippen LogP contribution >= 0.6 is 34.5 Å². The number of hydrazone groups is 1. The molecule has 0 fully saturated rings. The lowest BCUT2D eigenvalue weighted by atomic mass is 10.4. The van der Waals surface area contributed by atoms with Gasteiger partial charge in [0.15, 0.2) is 0 Å². The number of hydrogen-bond acceptors (Lipinski definition) is 4. The van der Waals surface area contributed by atoms with Gasteiger partial charge in [-0.1, -0.05) is 23.2 Å². The van der Waals surface area contributed by atoms with Crippen molar-refractivity contribution in [2.24, 2.45) is 12.1 Å². The summed E-state index contributed by atoms with van der Waals surface area (Å²) in [5, 5.41) is 7.97. The lowest BCUT2D eigenvalue weighted by molar-refractivity contribution is 0.0946. The Kier molecular flexibility index (Phi) is 4.00. The summed E-state index contributed by atoms with van der Waals surface area (Å²) in [5.74, 6) is -0.418. The third-order valence-corrected chi connectivity index (χ3v) is 3.50. The van der Waals surface area contributed by atoms with Crippen LogP contribution in [0.15, 0.2) is 23.4 Å². The predicted molar refractivity (Wildman–Crippen MR) is 72.6 cm³/mol. The van der Waals surface area contributed by atoms with Crippen LogP contribution in [-0.4, -0.2) is 21.9 Å². The molecule has 0 atom stereocenters. The number of carbonyl (C=O) groups is 1. The van der Waals surface area contributed by atoms with E-state index in [0.29, 0.717) is 4.34 Å². The molecule has 0 aliphatic rings. The Labute approximate surface area is 117 Å². The summed E-state index contributed by atoms with van der Waals surface area (Å²) in [4.78, 5) is 12.6. The van der Waals surface area contributed by atoms with Gasteiger partial charge in [0.2, 0.25) is 0 Å². The monoisotopic (exact) mass is 302 g/mol. The van der Waals surface area contributed by atoms with Gasteiger partial charge in [0.25, 0.3) is 5.91 Å². The van der Waals surface area contributed by atoms with Crippen molar-refractivity contribution in [1.82, 2.24) is 15.2 Å². The van der Waals surface area contributed by atoms with Gasteiger partial charge in [0, 0.05) is 11.9 Å². The van der Waals surface area contributed by atoms with E-state index >= 15 is 0 Å². The summed E-state index contributed by atoms with van der Waals surface area (Å²) in [6.07, 6.45) is 2.91. The van der Waals surface area contributed by atoms with Gasteiger partial charge < -0.3 is 0 Å². The highest BCUT2D eigenvalue weighted by Crippen LogP contribution is 2.19. The van der Waals surface area contributed by atoms with Crippen molar-refractivity contribution in [1.29, 1.82) is 0 Å². The summed E-state index contributed by atoms with van der Waals surface area (Å²) < 4.78 is 2.05. The van der Waals surface area contributed by atoms with E-state index < -0.39 is 5.91 Å². The van der Waals surface area contributed by atoms with Crippen LogP contribution in [0.1, 0.15) is 15.4 Å². The van der Waals surface area contributed by atoms with E-state index in [2.05, 4.69) is 15.6 Å². The van der Waals surface area contributed by atoms with Crippen LogP contribution in [0.3, 0.4) is 0 Å². The topological polar surface area (TPSA) is 59.3 Å². The van der Waals surface area contributed by atoms with Gasteiger partial charge in [-0.2, -0.15) is 10.2 Å². The quantitative estimate of drug-likeness (QED) is 0.700. The van der Waals surface area contributed by atoms with Crippen LogP contribution in [0.4, 0.5) is 0 Å². The summed E-state index contributed by atoms with van der Waals surface area (Å²) in [7, 11) is 1.63. The highest BCUT2D eigenvalue weighted by atomic mass is 35.5. The van der Waals surface area contributed by atoms with Crippen molar-refractivity contribution in [3.63, 3.8) is 0 Å². The Morgan fingerprint density at radius 3 is 2.89 bits per heavy atom. The number of aromatic nitrogens is 2. The molecular formula is C10H8Cl2N4OS. The maximum atomic E-state index is 11.8. The van der Waals surface area contributed by atoms with Gasteiger partial charge >= 0.3 is 0 Å². The number of carbonyl (C=O) groups excluding carboxylic acids is 1. The van der Waals surface area contributed by atoms with Crippen LogP contribution in [0.5, 0.6) is 0 Å². The molecule has 0 spiro atoms. The van der Waals surface area contributed by atoms with Gasteiger partial charge in [-0.3, -0.25) is 9.48 Å². The Balaban J connectivity index is 2.03. The van der Waals surface area contributed by atoms with Crippen molar-refractivity contribution in [3.8, 4) is 0 Å². The number of nitrogens with zero attached hydrogens (tertiary/aromatic N) is 3. The van der Waals surface area contributed by atoms with Crippen molar-refractivity contribution in [3.05, 3.63) is 38.3 Å². The van der Waals surface area contributed by atoms with E-state index in [4.69, 9.17) is 23.2 Å². The molecule has 0 saturated heterocycles. The minimum absolute atomic E-state index is 0.262. The van der Waals surface area contributed by atoms with E-state index in [-0.39, 0.29) is 10.7 Å². The lowest BCUT2D eigenvalue weighted by Crippen LogP contribution is -2.21.